The molecule has 1 aromatic carbocycles. The van der Waals surface area contributed by atoms with Gasteiger partial charge in [-0.3, -0.25) is 4.99 Å². The molecule has 0 unspecified atom stereocenters. The maximum absolute atomic E-state index is 5.64. The number of aliphatic imine (C=N–C) groups is 1. The molecular formula is C17H22IN3O2. The van der Waals surface area contributed by atoms with Crippen LogP contribution in [0.4, 0.5) is 0 Å². The van der Waals surface area contributed by atoms with Gasteiger partial charge in [-0.2, -0.15) is 0 Å². The molecule has 6 heteroatoms. The van der Waals surface area contributed by atoms with Crippen molar-refractivity contribution in [2.45, 2.75) is 13.1 Å². The van der Waals surface area contributed by atoms with Crippen molar-refractivity contribution >= 4 is 29.9 Å². The van der Waals surface area contributed by atoms with Gasteiger partial charge in [-0.05, 0) is 18.2 Å². The molecule has 0 atom stereocenters. The van der Waals surface area contributed by atoms with Crippen LogP contribution in [0.1, 0.15) is 11.3 Å². The summed E-state index contributed by atoms with van der Waals surface area (Å²) in [6, 6.07) is 11.7. The highest BCUT2D eigenvalue weighted by Crippen LogP contribution is 2.17. The first-order valence-corrected chi connectivity index (χ1v) is 7.12. The molecule has 124 valence electrons. The molecular weight excluding hydrogens is 405 g/mol. The van der Waals surface area contributed by atoms with Gasteiger partial charge in [0.2, 0.25) is 0 Å². The Balaban J connectivity index is 0.00000264. The van der Waals surface area contributed by atoms with Crippen molar-refractivity contribution in [3.8, 4) is 5.75 Å². The Morgan fingerprint density at radius 1 is 1.22 bits per heavy atom. The molecule has 0 aliphatic carbocycles. The van der Waals surface area contributed by atoms with Gasteiger partial charge in [-0.25, -0.2) is 0 Å². The van der Waals surface area contributed by atoms with E-state index in [0.717, 1.165) is 17.1 Å². The quantitative estimate of drug-likeness (QED) is 0.308. The third-order valence-electron chi connectivity index (χ3n) is 3.01. The minimum atomic E-state index is 0. The minimum Gasteiger partial charge on any atom is -0.489 e. The fourth-order valence-electron chi connectivity index (χ4n) is 1.92. The molecule has 2 aromatic rings. The number of ether oxygens (including phenoxy) is 1. The van der Waals surface area contributed by atoms with Gasteiger partial charge in [0.1, 0.15) is 18.1 Å². The Morgan fingerprint density at radius 3 is 2.70 bits per heavy atom. The lowest BCUT2D eigenvalue weighted by atomic mass is 10.2. The Bertz CT molecular complexity index is 612. The summed E-state index contributed by atoms with van der Waals surface area (Å²) in [4.78, 5) is 4.19. The van der Waals surface area contributed by atoms with Gasteiger partial charge in [0.15, 0.2) is 5.96 Å². The zero-order valence-electron chi connectivity index (χ0n) is 13.1. The normalized spacial score (nSPS) is 10.6. The van der Waals surface area contributed by atoms with Crippen LogP contribution in [-0.2, 0) is 13.1 Å². The van der Waals surface area contributed by atoms with Crippen LogP contribution in [0.2, 0.25) is 0 Å². The van der Waals surface area contributed by atoms with Crippen molar-refractivity contribution in [1.82, 2.24) is 10.6 Å². The SMILES string of the molecule is C=CCOc1ccccc1CNC(=NC)NCc1ccco1.I. The fourth-order valence-corrected chi connectivity index (χ4v) is 1.92. The van der Waals surface area contributed by atoms with Crippen molar-refractivity contribution in [3.05, 3.63) is 66.6 Å². The lowest BCUT2D eigenvalue weighted by Crippen LogP contribution is -2.36. The van der Waals surface area contributed by atoms with Gasteiger partial charge in [0, 0.05) is 19.2 Å². The average molecular weight is 427 g/mol. The number of rotatable bonds is 7. The van der Waals surface area contributed by atoms with Gasteiger partial charge in [-0.15, -0.1) is 24.0 Å². The zero-order valence-corrected chi connectivity index (χ0v) is 15.4. The molecule has 5 nitrogen and oxygen atoms in total. The molecule has 0 spiro atoms. The van der Waals surface area contributed by atoms with E-state index >= 15 is 0 Å². The molecule has 0 radical (unpaired) electrons. The van der Waals surface area contributed by atoms with Gasteiger partial charge in [0.25, 0.3) is 0 Å². The van der Waals surface area contributed by atoms with Gasteiger partial charge in [0.05, 0.1) is 12.8 Å². The number of hydrogen-bond acceptors (Lipinski definition) is 3. The second kappa shape index (κ2) is 10.7. The fraction of sp³-hybridized carbons (Fsp3) is 0.235. The van der Waals surface area contributed by atoms with Crippen molar-refractivity contribution in [1.29, 1.82) is 0 Å². The molecule has 2 rings (SSSR count). The molecule has 0 aliphatic rings. The number of para-hydroxylation sites is 1. The third kappa shape index (κ3) is 6.35. The first-order valence-electron chi connectivity index (χ1n) is 7.12. The second-order valence-corrected chi connectivity index (χ2v) is 4.57. The van der Waals surface area contributed by atoms with E-state index in [1.807, 2.05) is 36.4 Å². The maximum Gasteiger partial charge on any atom is 0.191 e. The topological polar surface area (TPSA) is 58.8 Å². The molecule has 0 saturated carbocycles. The molecule has 23 heavy (non-hydrogen) atoms. The van der Waals surface area contributed by atoms with Gasteiger partial charge in [-0.1, -0.05) is 30.9 Å². The predicted molar refractivity (Wildman–Crippen MR) is 103 cm³/mol. The Hall–Kier alpha value is -1.96. The number of furan rings is 1. The highest BCUT2D eigenvalue weighted by Gasteiger charge is 2.04. The first-order chi connectivity index (χ1) is 10.8. The van der Waals surface area contributed by atoms with Crippen LogP contribution in [0.5, 0.6) is 5.75 Å². The van der Waals surface area contributed by atoms with E-state index in [9.17, 15) is 0 Å². The summed E-state index contributed by atoms with van der Waals surface area (Å²) in [7, 11) is 1.73. The molecule has 0 fully saturated rings. The summed E-state index contributed by atoms with van der Waals surface area (Å²) < 4.78 is 10.9. The zero-order chi connectivity index (χ0) is 15.6. The van der Waals surface area contributed by atoms with E-state index in [1.54, 1.807) is 19.4 Å². The monoisotopic (exact) mass is 427 g/mol. The molecule has 2 N–H and O–H groups in total. The summed E-state index contributed by atoms with van der Waals surface area (Å²) in [5.41, 5.74) is 1.06. The van der Waals surface area contributed by atoms with Crippen LogP contribution >= 0.6 is 24.0 Å². The van der Waals surface area contributed by atoms with E-state index in [4.69, 9.17) is 9.15 Å². The molecule has 0 aliphatic heterocycles. The summed E-state index contributed by atoms with van der Waals surface area (Å²) in [6.07, 6.45) is 3.38. The number of hydrogen-bond donors (Lipinski definition) is 2. The van der Waals surface area contributed by atoms with E-state index in [1.165, 1.54) is 0 Å². The second-order valence-electron chi connectivity index (χ2n) is 4.57. The summed E-state index contributed by atoms with van der Waals surface area (Å²) in [6.45, 7) is 5.35. The van der Waals surface area contributed by atoms with Crippen molar-refractivity contribution in [2.24, 2.45) is 4.99 Å². The lowest BCUT2D eigenvalue weighted by Gasteiger charge is -2.13. The van der Waals surface area contributed by atoms with E-state index in [-0.39, 0.29) is 24.0 Å². The van der Waals surface area contributed by atoms with Crippen LogP contribution in [0.15, 0.2) is 64.7 Å². The van der Waals surface area contributed by atoms with Crippen LogP contribution in [0, 0.1) is 0 Å². The summed E-state index contributed by atoms with van der Waals surface area (Å²) in [5.74, 6) is 2.41. The van der Waals surface area contributed by atoms with Crippen LogP contribution in [-0.4, -0.2) is 19.6 Å². The molecule has 0 amide bonds. The van der Waals surface area contributed by atoms with Crippen LogP contribution < -0.4 is 15.4 Å². The first kappa shape index (κ1) is 19.1. The standard InChI is InChI=1S/C17H21N3O2.HI/c1-3-10-22-16-9-5-4-7-14(16)12-19-17(18-2)20-13-15-8-6-11-21-15;/h3-9,11H,1,10,12-13H2,2H3,(H2,18,19,20);1H. The Kier molecular flexibility index (Phi) is 8.89. The van der Waals surface area contributed by atoms with E-state index in [2.05, 4.69) is 22.2 Å². The number of halogens is 1. The lowest BCUT2D eigenvalue weighted by molar-refractivity contribution is 0.358. The number of nitrogens with zero attached hydrogens (tertiary/aromatic N) is 1. The number of nitrogens with one attached hydrogen (secondary N) is 2. The summed E-state index contributed by atoms with van der Waals surface area (Å²) >= 11 is 0. The predicted octanol–water partition coefficient (Wildman–Crippen LogP) is 3.33. The van der Waals surface area contributed by atoms with Crippen molar-refractivity contribution in [2.75, 3.05) is 13.7 Å². The third-order valence-corrected chi connectivity index (χ3v) is 3.01. The van der Waals surface area contributed by atoms with Crippen LogP contribution in [0.25, 0.3) is 0 Å². The van der Waals surface area contributed by atoms with Crippen molar-refractivity contribution in [3.63, 3.8) is 0 Å². The summed E-state index contributed by atoms with van der Waals surface area (Å²) in [5, 5.41) is 6.45. The molecule has 0 saturated heterocycles. The Labute approximate surface area is 153 Å². The number of guanidine groups is 1. The maximum atomic E-state index is 5.64. The Morgan fingerprint density at radius 2 is 2.00 bits per heavy atom. The highest BCUT2D eigenvalue weighted by atomic mass is 127. The van der Waals surface area contributed by atoms with Crippen molar-refractivity contribution < 1.29 is 9.15 Å². The van der Waals surface area contributed by atoms with E-state index < -0.39 is 0 Å². The molecule has 0 bridgehead atoms. The van der Waals surface area contributed by atoms with Crippen LogP contribution in [0.3, 0.4) is 0 Å². The molecule has 1 aromatic heterocycles. The minimum absolute atomic E-state index is 0. The smallest absolute Gasteiger partial charge is 0.191 e. The van der Waals surface area contributed by atoms with Gasteiger partial charge >= 0.3 is 0 Å². The van der Waals surface area contributed by atoms with E-state index in [0.29, 0.717) is 25.7 Å². The number of benzene rings is 1. The van der Waals surface area contributed by atoms with Gasteiger partial charge < -0.3 is 19.8 Å². The largest absolute Gasteiger partial charge is 0.489 e. The average Bonchev–Trinajstić information content (AvgIpc) is 3.07. The molecule has 1 heterocycles. The highest BCUT2D eigenvalue weighted by molar-refractivity contribution is 14.0.